The van der Waals surface area contributed by atoms with E-state index in [9.17, 15) is 4.79 Å². The van der Waals surface area contributed by atoms with E-state index in [0.29, 0.717) is 12.1 Å². The van der Waals surface area contributed by atoms with Crippen LogP contribution in [-0.2, 0) is 0 Å². The molecule has 2 aliphatic heterocycles. The molecule has 4 nitrogen and oxygen atoms in total. The summed E-state index contributed by atoms with van der Waals surface area (Å²) in [5.41, 5.74) is 5.25. The van der Waals surface area contributed by atoms with Crippen LogP contribution in [0.15, 0.2) is 0 Å². The van der Waals surface area contributed by atoms with Crippen LogP contribution in [-0.4, -0.2) is 36.1 Å². The maximum Gasteiger partial charge on any atom is 0.315 e. The maximum atomic E-state index is 10.9. The number of hydrogen-bond acceptors (Lipinski definition) is 2. The summed E-state index contributed by atoms with van der Waals surface area (Å²) in [5.74, 6) is 0. The zero-order chi connectivity index (χ0) is 7.84. The third kappa shape index (κ3) is 0.976. The largest absolute Gasteiger partial charge is 0.351 e. The lowest BCUT2D eigenvalue weighted by molar-refractivity contribution is 0.163. The van der Waals surface area contributed by atoms with Crippen LogP contribution in [0.1, 0.15) is 12.8 Å². The molecule has 2 atom stereocenters. The molecule has 62 valence electrons. The van der Waals surface area contributed by atoms with E-state index in [1.807, 2.05) is 4.90 Å². The summed E-state index contributed by atoms with van der Waals surface area (Å²) in [6.07, 6.45) is 2.22. The summed E-state index contributed by atoms with van der Waals surface area (Å²) in [6, 6.07) is 0.483. The van der Waals surface area contributed by atoms with Gasteiger partial charge in [0.1, 0.15) is 0 Å². The molecule has 0 radical (unpaired) electrons. The third-order valence-electron chi connectivity index (χ3n) is 2.63. The van der Waals surface area contributed by atoms with Crippen molar-refractivity contribution in [2.75, 3.05) is 13.1 Å². The molecule has 11 heavy (non-hydrogen) atoms. The van der Waals surface area contributed by atoms with Gasteiger partial charge in [-0.2, -0.15) is 0 Å². The molecule has 2 rings (SSSR count). The highest BCUT2D eigenvalue weighted by atomic mass is 16.2. The highest BCUT2D eigenvalue weighted by Crippen LogP contribution is 2.25. The molecule has 4 heteroatoms. The topological polar surface area (TPSA) is 58.4 Å². The average Bonchev–Trinajstić information content (AvgIpc) is 2.23. The SMILES string of the molecule is NC(=O)N1[C@@H]2CC[C@H]1CNC2. The first kappa shape index (κ1) is 6.91. The van der Waals surface area contributed by atoms with Crippen LogP contribution < -0.4 is 11.1 Å². The normalized spacial score (nSPS) is 35.8. The van der Waals surface area contributed by atoms with Crippen molar-refractivity contribution in [3.05, 3.63) is 0 Å². The number of amides is 2. The van der Waals surface area contributed by atoms with Gasteiger partial charge in [0.2, 0.25) is 0 Å². The molecule has 0 unspecified atom stereocenters. The number of primary amides is 1. The Kier molecular flexibility index (Phi) is 1.49. The number of carbonyl (C=O) groups is 1. The van der Waals surface area contributed by atoms with Crippen LogP contribution in [0.5, 0.6) is 0 Å². The standard InChI is InChI=1S/C7H13N3O/c8-7(11)10-5-1-2-6(10)4-9-3-5/h5-6,9H,1-4H2,(H2,8,11)/t5-,6+. The van der Waals surface area contributed by atoms with Crippen molar-refractivity contribution < 1.29 is 4.79 Å². The van der Waals surface area contributed by atoms with Gasteiger partial charge in [0.15, 0.2) is 0 Å². The highest BCUT2D eigenvalue weighted by Gasteiger charge is 2.38. The molecular weight excluding hydrogens is 142 g/mol. The van der Waals surface area contributed by atoms with Crippen LogP contribution in [0, 0.1) is 0 Å². The van der Waals surface area contributed by atoms with Gasteiger partial charge in [-0.05, 0) is 12.8 Å². The van der Waals surface area contributed by atoms with Gasteiger partial charge >= 0.3 is 6.03 Å². The lowest BCUT2D eigenvalue weighted by Crippen LogP contribution is -2.55. The predicted octanol–water partition coefficient (Wildman–Crippen LogP) is -0.499. The monoisotopic (exact) mass is 155 g/mol. The van der Waals surface area contributed by atoms with Gasteiger partial charge in [0.05, 0.1) is 0 Å². The number of nitrogens with one attached hydrogen (secondary N) is 1. The Balaban J connectivity index is 2.15. The molecule has 2 saturated heterocycles. The molecule has 2 amide bonds. The van der Waals surface area contributed by atoms with Crippen molar-refractivity contribution >= 4 is 6.03 Å². The zero-order valence-corrected chi connectivity index (χ0v) is 6.42. The quantitative estimate of drug-likeness (QED) is 0.495. The summed E-state index contributed by atoms with van der Waals surface area (Å²) >= 11 is 0. The predicted molar refractivity (Wildman–Crippen MR) is 41.1 cm³/mol. The van der Waals surface area contributed by atoms with Crippen LogP contribution >= 0.6 is 0 Å². The Morgan fingerprint density at radius 3 is 2.27 bits per heavy atom. The first-order valence-corrected chi connectivity index (χ1v) is 4.07. The molecule has 0 aromatic heterocycles. The molecular formula is C7H13N3O. The van der Waals surface area contributed by atoms with Gasteiger partial charge in [-0.1, -0.05) is 0 Å². The molecule has 0 saturated carbocycles. The zero-order valence-electron chi connectivity index (χ0n) is 6.42. The second-order valence-corrected chi connectivity index (χ2v) is 3.29. The van der Waals surface area contributed by atoms with Gasteiger partial charge in [0, 0.05) is 25.2 Å². The van der Waals surface area contributed by atoms with Crippen LogP contribution in [0.3, 0.4) is 0 Å². The summed E-state index contributed by atoms with van der Waals surface area (Å²) in [6.45, 7) is 1.83. The molecule has 0 spiro atoms. The Labute approximate surface area is 65.7 Å². The summed E-state index contributed by atoms with van der Waals surface area (Å²) in [5, 5.41) is 3.28. The Bertz CT molecular complexity index is 167. The fourth-order valence-corrected chi connectivity index (χ4v) is 2.14. The second kappa shape index (κ2) is 2.37. The molecule has 2 fully saturated rings. The Morgan fingerprint density at radius 2 is 1.91 bits per heavy atom. The van der Waals surface area contributed by atoms with E-state index in [0.717, 1.165) is 25.9 Å². The van der Waals surface area contributed by atoms with Gasteiger partial charge in [-0.3, -0.25) is 0 Å². The number of carbonyl (C=O) groups excluding carboxylic acids is 1. The molecule has 0 aromatic carbocycles. The van der Waals surface area contributed by atoms with Crippen LogP contribution in [0.25, 0.3) is 0 Å². The van der Waals surface area contributed by atoms with Crippen LogP contribution in [0.2, 0.25) is 0 Å². The van der Waals surface area contributed by atoms with Crippen LogP contribution in [0.4, 0.5) is 4.79 Å². The fourth-order valence-electron chi connectivity index (χ4n) is 2.14. The molecule has 0 aliphatic carbocycles. The van der Waals surface area contributed by atoms with E-state index in [1.54, 1.807) is 0 Å². The van der Waals surface area contributed by atoms with Crippen molar-refractivity contribution in [1.82, 2.24) is 10.2 Å². The number of hydrogen-bond donors (Lipinski definition) is 2. The number of fused-ring (bicyclic) bond motifs is 2. The van der Waals surface area contributed by atoms with E-state index in [4.69, 9.17) is 5.73 Å². The number of nitrogens with two attached hydrogens (primary N) is 1. The van der Waals surface area contributed by atoms with Gasteiger partial charge < -0.3 is 16.0 Å². The summed E-state index contributed by atoms with van der Waals surface area (Å²) < 4.78 is 0. The number of nitrogens with zero attached hydrogens (tertiary/aromatic N) is 1. The van der Waals surface area contributed by atoms with Gasteiger partial charge in [0.25, 0.3) is 0 Å². The molecule has 3 N–H and O–H groups in total. The minimum atomic E-state index is -0.251. The van der Waals surface area contributed by atoms with E-state index in [-0.39, 0.29) is 6.03 Å². The average molecular weight is 155 g/mol. The Hall–Kier alpha value is -0.770. The van der Waals surface area contributed by atoms with Gasteiger partial charge in [-0.15, -0.1) is 0 Å². The lowest BCUT2D eigenvalue weighted by Gasteiger charge is -2.33. The maximum absolute atomic E-state index is 10.9. The molecule has 2 heterocycles. The molecule has 2 aliphatic rings. The number of piperazine rings is 1. The van der Waals surface area contributed by atoms with Crippen molar-refractivity contribution in [2.24, 2.45) is 5.73 Å². The van der Waals surface area contributed by atoms with E-state index < -0.39 is 0 Å². The third-order valence-corrected chi connectivity index (χ3v) is 2.63. The molecule has 2 bridgehead atoms. The van der Waals surface area contributed by atoms with E-state index >= 15 is 0 Å². The smallest absolute Gasteiger partial charge is 0.315 e. The van der Waals surface area contributed by atoms with Crippen molar-refractivity contribution in [3.63, 3.8) is 0 Å². The fraction of sp³-hybridized carbons (Fsp3) is 0.857. The summed E-state index contributed by atoms with van der Waals surface area (Å²) in [7, 11) is 0. The lowest BCUT2D eigenvalue weighted by atomic mass is 10.2. The number of urea groups is 1. The van der Waals surface area contributed by atoms with Crippen molar-refractivity contribution in [1.29, 1.82) is 0 Å². The minimum absolute atomic E-state index is 0.251. The first-order chi connectivity index (χ1) is 5.29. The van der Waals surface area contributed by atoms with E-state index in [1.165, 1.54) is 0 Å². The highest BCUT2D eigenvalue weighted by molar-refractivity contribution is 5.73. The minimum Gasteiger partial charge on any atom is -0.351 e. The van der Waals surface area contributed by atoms with E-state index in [2.05, 4.69) is 5.32 Å². The summed E-state index contributed by atoms with van der Waals surface area (Å²) in [4.78, 5) is 12.8. The van der Waals surface area contributed by atoms with Crippen molar-refractivity contribution in [3.8, 4) is 0 Å². The van der Waals surface area contributed by atoms with Gasteiger partial charge in [-0.25, -0.2) is 4.79 Å². The number of rotatable bonds is 0. The second-order valence-electron chi connectivity index (χ2n) is 3.29. The molecule has 0 aromatic rings. The Morgan fingerprint density at radius 1 is 1.36 bits per heavy atom. The first-order valence-electron chi connectivity index (χ1n) is 4.07. The van der Waals surface area contributed by atoms with Crippen molar-refractivity contribution in [2.45, 2.75) is 24.9 Å².